The molecule has 1 aromatic heterocycles. The fourth-order valence-corrected chi connectivity index (χ4v) is 2.88. The van der Waals surface area contributed by atoms with Gasteiger partial charge in [-0.2, -0.15) is 18.2 Å². The number of halogens is 4. The quantitative estimate of drug-likeness (QED) is 0.493. The minimum absolute atomic E-state index is 0.0751. The van der Waals surface area contributed by atoms with Crippen molar-refractivity contribution in [2.75, 3.05) is 17.3 Å². The van der Waals surface area contributed by atoms with E-state index in [-0.39, 0.29) is 11.8 Å². The second kappa shape index (κ2) is 8.29. The molecular weight excluding hydrogens is 401 g/mol. The monoisotopic (exact) mass is 420 g/mol. The van der Waals surface area contributed by atoms with Crippen molar-refractivity contribution in [3.8, 4) is 0 Å². The van der Waals surface area contributed by atoms with Gasteiger partial charge in [-0.15, -0.1) is 0 Å². The van der Waals surface area contributed by atoms with E-state index in [2.05, 4.69) is 29.1 Å². The third kappa shape index (κ3) is 4.98. The number of hydrogen-bond donors (Lipinski definition) is 1. The molecule has 0 bridgehead atoms. The molecule has 0 aliphatic carbocycles. The number of hydrogen-bond acceptors (Lipinski definition) is 4. The molecule has 0 unspecified atom stereocenters. The summed E-state index contributed by atoms with van der Waals surface area (Å²) >= 11 is 5.88. The van der Waals surface area contributed by atoms with Gasteiger partial charge in [-0.05, 0) is 47.9 Å². The van der Waals surface area contributed by atoms with Crippen LogP contribution in [-0.4, -0.2) is 17.0 Å². The molecule has 0 fully saturated rings. The van der Waals surface area contributed by atoms with Crippen LogP contribution in [0.25, 0.3) is 0 Å². The van der Waals surface area contributed by atoms with Crippen molar-refractivity contribution in [2.24, 2.45) is 0 Å². The maximum Gasteiger partial charge on any atom is 0.421 e. The summed E-state index contributed by atoms with van der Waals surface area (Å²) in [5.74, 6) is 0.202. The number of nitrogens with one attached hydrogen (secondary N) is 1. The molecule has 29 heavy (non-hydrogen) atoms. The fraction of sp³-hybridized carbons (Fsp3) is 0.238. The summed E-state index contributed by atoms with van der Waals surface area (Å²) in [6.45, 7) is 4.17. The second-order valence-electron chi connectivity index (χ2n) is 6.87. The van der Waals surface area contributed by atoms with E-state index in [1.54, 1.807) is 24.3 Å². The van der Waals surface area contributed by atoms with Crippen LogP contribution in [-0.2, 0) is 6.18 Å². The number of nitrogens with zero attached hydrogens (tertiary/aromatic N) is 3. The summed E-state index contributed by atoms with van der Waals surface area (Å²) in [7, 11) is 1.52. The van der Waals surface area contributed by atoms with E-state index in [1.165, 1.54) is 11.9 Å². The van der Waals surface area contributed by atoms with Gasteiger partial charge in [0.15, 0.2) is 5.82 Å². The fourth-order valence-electron chi connectivity index (χ4n) is 2.76. The SMILES string of the molecule is CC(C)c1ccc(Nc2ncc(C(F)(F)F)c(N(C)c3ccc(Cl)cc3)n2)cc1. The Morgan fingerprint density at radius 3 is 2.17 bits per heavy atom. The van der Waals surface area contributed by atoms with Gasteiger partial charge in [0.25, 0.3) is 0 Å². The molecule has 0 amide bonds. The molecule has 0 aliphatic rings. The van der Waals surface area contributed by atoms with Gasteiger partial charge in [0.1, 0.15) is 5.56 Å². The van der Waals surface area contributed by atoms with Gasteiger partial charge in [-0.25, -0.2) is 4.98 Å². The van der Waals surface area contributed by atoms with E-state index in [0.717, 1.165) is 11.8 Å². The standard InChI is InChI=1S/C21H20ClF3N4/c1-13(2)14-4-8-16(9-5-14)27-20-26-12-18(21(23,24)25)19(28-20)29(3)17-10-6-15(22)7-11-17/h4-13H,1-3H3,(H,26,27,28). The normalized spacial score (nSPS) is 11.6. The number of rotatable bonds is 5. The molecule has 0 saturated heterocycles. The third-order valence-electron chi connectivity index (χ3n) is 4.44. The van der Waals surface area contributed by atoms with E-state index in [4.69, 9.17) is 11.6 Å². The Bertz CT molecular complexity index is 971. The van der Waals surface area contributed by atoms with Gasteiger partial charge in [-0.1, -0.05) is 37.6 Å². The molecule has 1 heterocycles. The number of benzene rings is 2. The minimum Gasteiger partial charge on any atom is -0.329 e. The van der Waals surface area contributed by atoms with Crippen LogP contribution in [0.2, 0.25) is 5.02 Å². The Hall–Kier alpha value is -2.80. The molecule has 0 saturated carbocycles. The minimum atomic E-state index is -4.59. The number of alkyl halides is 3. The van der Waals surface area contributed by atoms with Crippen molar-refractivity contribution in [3.05, 3.63) is 70.9 Å². The van der Waals surface area contributed by atoms with E-state index in [9.17, 15) is 13.2 Å². The molecule has 3 rings (SSSR count). The molecule has 0 spiro atoms. The van der Waals surface area contributed by atoms with Crippen molar-refractivity contribution in [2.45, 2.75) is 25.9 Å². The lowest BCUT2D eigenvalue weighted by molar-refractivity contribution is -0.137. The van der Waals surface area contributed by atoms with Crippen LogP contribution in [0.15, 0.2) is 54.7 Å². The van der Waals surface area contributed by atoms with Crippen molar-refractivity contribution >= 4 is 34.7 Å². The summed E-state index contributed by atoms with van der Waals surface area (Å²) < 4.78 is 40.6. The summed E-state index contributed by atoms with van der Waals surface area (Å²) in [5.41, 5.74) is 1.45. The highest BCUT2D eigenvalue weighted by atomic mass is 35.5. The Kier molecular flexibility index (Phi) is 5.98. The van der Waals surface area contributed by atoms with Crippen molar-refractivity contribution in [1.29, 1.82) is 0 Å². The van der Waals surface area contributed by atoms with Gasteiger partial charge in [0, 0.05) is 29.6 Å². The Morgan fingerprint density at radius 1 is 1.00 bits per heavy atom. The molecule has 4 nitrogen and oxygen atoms in total. The first-order valence-electron chi connectivity index (χ1n) is 8.95. The van der Waals surface area contributed by atoms with Crippen LogP contribution >= 0.6 is 11.6 Å². The van der Waals surface area contributed by atoms with Crippen LogP contribution in [0, 0.1) is 0 Å². The average molecular weight is 421 g/mol. The maximum absolute atomic E-state index is 13.5. The molecule has 0 atom stereocenters. The van der Waals surface area contributed by atoms with E-state index >= 15 is 0 Å². The zero-order chi connectivity index (χ0) is 21.2. The highest BCUT2D eigenvalue weighted by Crippen LogP contribution is 2.37. The largest absolute Gasteiger partial charge is 0.421 e. The molecule has 0 radical (unpaired) electrons. The lowest BCUT2D eigenvalue weighted by Gasteiger charge is -2.23. The van der Waals surface area contributed by atoms with Crippen molar-refractivity contribution in [1.82, 2.24) is 9.97 Å². The van der Waals surface area contributed by atoms with Gasteiger partial charge >= 0.3 is 6.18 Å². The predicted octanol–water partition coefficient (Wildman–Crippen LogP) is 6.78. The lowest BCUT2D eigenvalue weighted by Crippen LogP contribution is -2.19. The Labute approximate surface area is 172 Å². The summed E-state index contributed by atoms with van der Waals surface area (Å²) in [5, 5.41) is 3.46. The van der Waals surface area contributed by atoms with Gasteiger partial charge < -0.3 is 10.2 Å². The summed E-state index contributed by atoms with van der Waals surface area (Å²) in [4.78, 5) is 9.36. The van der Waals surface area contributed by atoms with Gasteiger partial charge in [0.2, 0.25) is 5.95 Å². The lowest BCUT2D eigenvalue weighted by atomic mass is 10.0. The molecule has 152 valence electrons. The van der Waals surface area contributed by atoms with Gasteiger partial charge in [-0.3, -0.25) is 0 Å². The summed E-state index contributed by atoms with van der Waals surface area (Å²) in [6, 6.07) is 14.1. The van der Waals surface area contributed by atoms with E-state index in [1.807, 2.05) is 24.3 Å². The molecule has 2 aromatic carbocycles. The maximum atomic E-state index is 13.5. The smallest absolute Gasteiger partial charge is 0.329 e. The number of aromatic nitrogens is 2. The highest BCUT2D eigenvalue weighted by molar-refractivity contribution is 6.30. The summed E-state index contributed by atoms with van der Waals surface area (Å²) in [6.07, 6.45) is -3.80. The topological polar surface area (TPSA) is 41.1 Å². The highest BCUT2D eigenvalue weighted by Gasteiger charge is 2.36. The zero-order valence-electron chi connectivity index (χ0n) is 16.1. The predicted molar refractivity (Wildman–Crippen MR) is 110 cm³/mol. The molecule has 8 heteroatoms. The average Bonchev–Trinajstić information content (AvgIpc) is 2.67. The third-order valence-corrected chi connectivity index (χ3v) is 4.69. The Morgan fingerprint density at radius 2 is 1.62 bits per heavy atom. The molecule has 0 aliphatic heterocycles. The van der Waals surface area contributed by atoms with E-state index < -0.39 is 11.7 Å². The molecule has 1 N–H and O–H groups in total. The van der Waals surface area contributed by atoms with Crippen LogP contribution in [0.4, 0.5) is 36.3 Å². The number of anilines is 4. The van der Waals surface area contributed by atoms with Crippen LogP contribution in [0.1, 0.15) is 30.9 Å². The molecule has 3 aromatic rings. The first-order chi connectivity index (χ1) is 13.6. The Balaban J connectivity index is 1.96. The van der Waals surface area contributed by atoms with Crippen molar-refractivity contribution < 1.29 is 13.2 Å². The second-order valence-corrected chi connectivity index (χ2v) is 7.30. The van der Waals surface area contributed by atoms with Crippen LogP contribution < -0.4 is 10.2 Å². The van der Waals surface area contributed by atoms with Crippen LogP contribution in [0.5, 0.6) is 0 Å². The zero-order valence-corrected chi connectivity index (χ0v) is 16.9. The first kappa shape index (κ1) is 20.9. The van der Waals surface area contributed by atoms with Crippen molar-refractivity contribution in [3.63, 3.8) is 0 Å². The first-order valence-corrected chi connectivity index (χ1v) is 9.33. The van der Waals surface area contributed by atoms with Gasteiger partial charge in [0.05, 0.1) is 0 Å². The van der Waals surface area contributed by atoms with E-state index in [0.29, 0.717) is 22.3 Å². The molecular formula is C21H20ClF3N4. The van der Waals surface area contributed by atoms with Crippen LogP contribution in [0.3, 0.4) is 0 Å².